The zero-order chi connectivity index (χ0) is 31.3. The van der Waals surface area contributed by atoms with Crippen LogP contribution in [0.15, 0.2) is 72.8 Å². The van der Waals surface area contributed by atoms with Crippen LogP contribution in [-0.2, 0) is 22.6 Å². The molecule has 3 amide bonds. The summed E-state index contributed by atoms with van der Waals surface area (Å²) >= 11 is 1.63. The van der Waals surface area contributed by atoms with Crippen molar-refractivity contribution in [2.75, 3.05) is 5.88 Å². The Morgan fingerprint density at radius 3 is 2.39 bits per heavy atom. The number of benzene rings is 3. The molecule has 1 aliphatic heterocycles. The number of rotatable bonds is 9. The topological polar surface area (TPSA) is 119 Å². The van der Waals surface area contributed by atoms with Gasteiger partial charge in [-0.2, -0.15) is 0 Å². The van der Waals surface area contributed by atoms with Crippen LogP contribution in [0.2, 0.25) is 0 Å². The monoisotopic (exact) mass is 615 g/mol. The van der Waals surface area contributed by atoms with Gasteiger partial charge in [0.15, 0.2) is 6.10 Å². The van der Waals surface area contributed by atoms with Gasteiger partial charge >= 0.3 is 0 Å². The average Bonchev–Trinajstić information content (AvgIpc) is 3.39. The highest BCUT2D eigenvalue weighted by Gasteiger charge is 2.54. The third-order valence-electron chi connectivity index (χ3n) is 9.05. The number of aliphatic hydroxyl groups is 1. The third kappa shape index (κ3) is 6.79. The van der Waals surface area contributed by atoms with E-state index < -0.39 is 34.7 Å². The highest BCUT2D eigenvalue weighted by molar-refractivity contribution is 8.01. The maximum absolute atomic E-state index is 14.2. The average molecular weight is 616 g/mol. The van der Waals surface area contributed by atoms with E-state index in [-0.39, 0.29) is 29.5 Å². The quantitative estimate of drug-likeness (QED) is 0.279. The van der Waals surface area contributed by atoms with Crippen LogP contribution in [-0.4, -0.2) is 61.6 Å². The first-order valence-electron chi connectivity index (χ1n) is 15.3. The van der Waals surface area contributed by atoms with Crippen molar-refractivity contribution < 1.29 is 24.6 Å². The standard InChI is InChI=1S/C35H41N3O5S/c1-23-12-7-8-15-26(23)21-36-33(42)31-35(18-9-4-10-19-35)44-22-38(31)34(43)30(40)28(20-25-13-5-3-6-14-25)37-32(41)27-16-11-17-29(39)24(27)2/h3,5-8,11-17,28,30-31,39-40H,4,9-10,18-22H2,1-2H3,(H,36,42)(H,37,41). The summed E-state index contributed by atoms with van der Waals surface area (Å²) in [7, 11) is 0. The summed E-state index contributed by atoms with van der Waals surface area (Å²) in [4.78, 5) is 43.0. The number of thioether (sulfide) groups is 1. The number of aryl methyl sites for hydroxylation is 1. The zero-order valence-electron chi connectivity index (χ0n) is 25.3. The molecule has 8 nitrogen and oxygen atoms in total. The van der Waals surface area contributed by atoms with Crippen molar-refractivity contribution in [2.24, 2.45) is 0 Å². The molecule has 0 aromatic heterocycles. The van der Waals surface area contributed by atoms with E-state index >= 15 is 0 Å². The fraction of sp³-hybridized carbons (Fsp3) is 0.400. The van der Waals surface area contributed by atoms with Gasteiger partial charge in [-0.05, 0) is 61.9 Å². The molecule has 5 rings (SSSR count). The summed E-state index contributed by atoms with van der Waals surface area (Å²) in [5.41, 5.74) is 3.59. The van der Waals surface area contributed by atoms with Crippen LogP contribution in [0.4, 0.5) is 0 Å². The molecular weight excluding hydrogens is 574 g/mol. The lowest BCUT2D eigenvalue weighted by Gasteiger charge is -2.39. The molecule has 1 saturated carbocycles. The smallest absolute Gasteiger partial charge is 0.254 e. The maximum atomic E-state index is 14.2. The number of hydrogen-bond donors (Lipinski definition) is 4. The van der Waals surface area contributed by atoms with Crippen LogP contribution in [0.25, 0.3) is 0 Å². The van der Waals surface area contributed by atoms with E-state index in [4.69, 9.17) is 0 Å². The van der Waals surface area contributed by atoms with Gasteiger partial charge in [-0.1, -0.05) is 79.9 Å². The molecule has 1 heterocycles. The molecule has 9 heteroatoms. The Balaban J connectivity index is 1.40. The van der Waals surface area contributed by atoms with E-state index in [1.807, 2.05) is 61.5 Å². The van der Waals surface area contributed by atoms with Crippen molar-refractivity contribution in [2.45, 2.75) is 81.9 Å². The molecule has 3 aromatic carbocycles. The summed E-state index contributed by atoms with van der Waals surface area (Å²) in [6.45, 7) is 3.99. The maximum Gasteiger partial charge on any atom is 0.254 e. The van der Waals surface area contributed by atoms with Crippen molar-refractivity contribution in [1.29, 1.82) is 0 Å². The molecule has 0 bridgehead atoms. The molecule has 3 unspecified atom stereocenters. The highest BCUT2D eigenvalue weighted by Crippen LogP contribution is 2.49. The first-order valence-corrected chi connectivity index (χ1v) is 16.3. The van der Waals surface area contributed by atoms with E-state index in [0.717, 1.165) is 48.8 Å². The van der Waals surface area contributed by atoms with Gasteiger partial charge in [-0.25, -0.2) is 0 Å². The molecule has 232 valence electrons. The predicted molar refractivity (Wildman–Crippen MR) is 172 cm³/mol. The predicted octanol–water partition coefficient (Wildman–Crippen LogP) is 4.63. The number of aliphatic hydroxyl groups excluding tert-OH is 1. The summed E-state index contributed by atoms with van der Waals surface area (Å²) < 4.78 is -0.416. The van der Waals surface area contributed by atoms with E-state index in [2.05, 4.69) is 10.6 Å². The van der Waals surface area contributed by atoms with Crippen LogP contribution < -0.4 is 10.6 Å². The number of hydrogen-bond acceptors (Lipinski definition) is 6. The first kappa shape index (κ1) is 31.6. The number of carbonyl (C=O) groups excluding carboxylic acids is 3. The molecule has 1 saturated heterocycles. The molecule has 44 heavy (non-hydrogen) atoms. The Hall–Kier alpha value is -3.82. The number of nitrogens with one attached hydrogen (secondary N) is 2. The van der Waals surface area contributed by atoms with Gasteiger partial charge in [-0.15, -0.1) is 11.8 Å². The molecule has 2 aliphatic rings. The largest absolute Gasteiger partial charge is 0.508 e. The second kappa shape index (κ2) is 13.9. The fourth-order valence-electron chi connectivity index (χ4n) is 6.43. The summed E-state index contributed by atoms with van der Waals surface area (Å²) in [5, 5.41) is 27.8. The summed E-state index contributed by atoms with van der Waals surface area (Å²) in [5.74, 6) is -1.03. The summed E-state index contributed by atoms with van der Waals surface area (Å²) in [6, 6.07) is 20.2. The Kier molecular flexibility index (Phi) is 9.96. The Bertz CT molecular complexity index is 1490. The number of amides is 3. The number of phenolic OH excluding ortho intramolecular Hbond substituents is 1. The number of phenols is 1. The van der Waals surface area contributed by atoms with E-state index in [9.17, 15) is 24.6 Å². The molecule has 3 atom stereocenters. The van der Waals surface area contributed by atoms with Gasteiger partial charge in [0.05, 0.1) is 11.9 Å². The second-order valence-electron chi connectivity index (χ2n) is 11.9. The fourth-order valence-corrected chi connectivity index (χ4v) is 8.07. The van der Waals surface area contributed by atoms with Gasteiger partial charge < -0.3 is 25.7 Å². The number of carbonyl (C=O) groups is 3. The van der Waals surface area contributed by atoms with Crippen molar-refractivity contribution in [3.63, 3.8) is 0 Å². The van der Waals surface area contributed by atoms with Crippen LogP contribution in [0.1, 0.15) is 64.7 Å². The van der Waals surface area contributed by atoms with Crippen LogP contribution in [0, 0.1) is 13.8 Å². The molecule has 4 N–H and O–H groups in total. The van der Waals surface area contributed by atoms with Gasteiger partial charge in [0.1, 0.15) is 11.8 Å². The lowest BCUT2D eigenvalue weighted by atomic mass is 9.81. The number of nitrogens with zero attached hydrogens (tertiary/aromatic N) is 1. The zero-order valence-corrected chi connectivity index (χ0v) is 26.1. The van der Waals surface area contributed by atoms with Crippen LogP contribution in [0.3, 0.4) is 0 Å². The van der Waals surface area contributed by atoms with Crippen LogP contribution >= 0.6 is 11.8 Å². The second-order valence-corrected chi connectivity index (χ2v) is 13.3. The minimum absolute atomic E-state index is 0.0136. The van der Waals surface area contributed by atoms with Gasteiger partial charge in [-0.3, -0.25) is 14.4 Å². The lowest BCUT2D eigenvalue weighted by molar-refractivity contribution is -0.147. The molecule has 2 fully saturated rings. The molecule has 3 aromatic rings. The van der Waals surface area contributed by atoms with E-state index in [1.165, 1.54) is 11.0 Å². The van der Waals surface area contributed by atoms with Gasteiger partial charge in [0, 0.05) is 22.4 Å². The third-order valence-corrected chi connectivity index (χ3v) is 10.7. The van der Waals surface area contributed by atoms with Gasteiger partial charge in [0.2, 0.25) is 5.91 Å². The van der Waals surface area contributed by atoms with Crippen LogP contribution in [0.5, 0.6) is 5.75 Å². The van der Waals surface area contributed by atoms with Crippen molar-refractivity contribution >= 4 is 29.5 Å². The van der Waals surface area contributed by atoms with Crippen molar-refractivity contribution in [3.05, 3.63) is 101 Å². The highest BCUT2D eigenvalue weighted by atomic mass is 32.2. The SMILES string of the molecule is Cc1ccccc1CNC(=O)C1N(C(=O)C(O)C(Cc2ccccc2)NC(=O)c2cccc(O)c2C)CSC12CCCCC2. The Morgan fingerprint density at radius 1 is 0.955 bits per heavy atom. The molecule has 0 radical (unpaired) electrons. The number of aromatic hydroxyl groups is 1. The first-order chi connectivity index (χ1) is 21.2. The molecular formula is C35H41N3O5S. The summed E-state index contributed by atoms with van der Waals surface area (Å²) in [6.07, 6.45) is 3.30. The lowest BCUT2D eigenvalue weighted by Crippen LogP contribution is -2.60. The van der Waals surface area contributed by atoms with Crippen molar-refractivity contribution in [1.82, 2.24) is 15.5 Å². The minimum Gasteiger partial charge on any atom is -0.508 e. The Morgan fingerprint density at radius 2 is 1.66 bits per heavy atom. The van der Waals surface area contributed by atoms with E-state index in [1.54, 1.807) is 30.8 Å². The van der Waals surface area contributed by atoms with Crippen molar-refractivity contribution in [3.8, 4) is 5.75 Å². The minimum atomic E-state index is -1.59. The van der Waals surface area contributed by atoms with Gasteiger partial charge in [0.25, 0.3) is 11.8 Å². The Labute approximate surface area is 263 Å². The van der Waals surface area contributed by atoms with E-state index in [0.29, 0.717) is 12.1 Å². The molecule has 1 aliphatic carbocycles. The molecule has 1 spiro atoms. The normalized spacial score (nSPS) is 18.9.